The summed E-state index contributed by atoms with van der Waals surface area (Å²) in [6.45, 7) is -0.283. The van der Waals surface area contributed by atoms with Crippen LogP contribution in [-0.4, -0.2) is 57.7 Å². The second kappa shape index (κ2) is 7.12. The van der Waals surface area contributed by atoms with Gasteiger partial charge in [0.05, 0.1) is 13.2 Å². The van der Waals surface area contributed by atoms with Crippen LogP contribution in [0.1, 0.15) is 5.56 Å². The number of halogens is 1. The van der Waals surface area contributed by atoms with Gasteiger partial charge in [0.2, 0.25) is 0 Å². The standard InChI is InChI=1S/C13H17IO6/c14-8-3-1-7(2-4-8)6-19-12-10(16)9(5-15)20-13(18)11(12)17/h1-4,9-13,15-18H,5-6H2/t9-,10-,11-,12+,13-/m1/s1. The molecule has 112 valence electrons. The minimum Gasteiger partial charge on any atom is -0.394 e. The first-order valence-electron chi connectivity index (χ1n) is 6.19. The fraction of sp³-hybridized carbons (Fsp3) is 0.538. The molecular weight excluding hydrogens is 379 g/mol. The number of aliphatic hydroxyl groups is 4. The van der Waals surface area contributed by atoms with E-state index in [2.05, 4.69) is 22.6 Å². The van der Waals surface area contributed by atoms with Gasteiger partial charge in [-0.1, -0.05) is 12.1 Å². The van der Waals surface area contributed by atoms with Crippen molar-refractivity contribution in [3.05, 3.63) is 33.4 Å². The average molecular weight is 396 g/mol. The molecule has 1 aliphatic heterocycles. The predicted octanol–water partition coefficient (Wildman–Crippen LogP) is -0.392. The van der Waals surface area contributed by atoms with Gasteiger partial charge in [0.25, 0.3) is 0 Å². The van der Waals surface area contributed by atoms with Crippen LogP contribution in [0.25, 0.3) is 0 Å². The molecule has 0 unspecified atom stereocenters. The van der Waals surface area contributed by atoms with Crippen molar-refractivity contribution >= 4 is 22.6 Å². The third kappa shape index (κ3) is 3.67. The van der Waals surface area contributed by atoms with Crippen LogP contribution >= 0.6 is 22.6 Å². The van der Waals surface area contributed by atoms with Crippen LogP contribution in [0.5, 0.6) is 0 Å². The van der Waals surface area contributed by atoms with Gasteiger partial charge in [-0.25, -0.2) is 0 Å². The number of hydrogen-bond acceptors (Lipinski definition) is 6. The Balaban J connectivity index is 2.00. The molecule has 1 aliphatic rings. The number of benzene rings is 1. The van der Waals surface area contributed by atoms with Gasteiger partial charge in [0.15, 0.2) is 6.29 Å². The van der Waals surface area contributed by atoms with Crippen molar-refractivity contribution in [2.45, 2.75) is 37.3 Å². The van der Waals surface area contributed by atoms with E-state index in [0.29, 0.717) is 0 Å². The van der Waals surface area contributed by atoms with Crippen LogP contribution in [0, 0.1) is 3.57 Å². The normalized spacial score (nSPS) is 34.1. The number of hydrogen-bond donors (Lipinski definition) is 4. The van der Waals surface area contributed by atoms with Gasteiger partial charge in [0, 0.05) is 3.57 Å². The van der Waals surface area contributed by atoms with E-state index in [9.17, 15) is 15.3 Å². The predicted molar refractivity (Wildman–Crippen MR) is 77.7 cm³/mol. The molecule has 0 spiro atoms. The lowest BCUT2D eigenvalue weighted by atomic mass is 9.99. The van der Waals surface area contributed by atoms with E-state index in [4.69, 9.17) is 14.6 Å². The van der Waals surface area contributed by atoms with Gasteiger partial charge < -0.3 is 29.9 Å². The third-order valence-electron chi connectivity index (χ3n) is 3.20. The first-order valence-corrected chi connectivity index (χ1v) is 7.27. The molecule has 0 aliphatic carbocycles. The Labute approximate surface area is 130 Å². The monoisotopic (exact) mass is 396 g/mol. The smallest absolute Gasteiger partial charge is 0.184 e. The van der Waals surface area contributed by atoms with Gasteiger partial charge in [-0.15, -0.1) is 0 Å². The molecule has 2 rings (SSSR count). The highest BCUT2D eigenvalue weighted by Gasteiger charge is 2.44. The van der Waals surface area contributed by atoms with E-state index >= 15 is 0 Å². The summed E-state index contributed by atoms with van der Waals surface area (Å²) >= 11 is 2.19. The van der Waals surface area contributed by atoms with Crippen molar-refractivity contribution in [2.24, 2.45) is 0 Å². The molecule has 1 saturated heterocycles. The lowest BCUT2D eigenvalue weighted by Crippen LogP contribution is -2.59. The van der Waals surface area contributed by atoms with Gasteiger partial charge in [0.1, 0.15) is 24.4 Å². The summed E-state index contributed by atoms with van der Waals surface area (Å²) in [4.78, 5) is 0. The molecule has 0 aromatic heterocycles. The zero-order valence-electron chi connectivity index (χ0n) is 10.6. The van der Waals surface area contributed by atoms with Crippen LogP contribution in [0.3, 0.4) is 0 Å². The number of aliphatic hydroxyl groups excluding tert-OH is 4. The summed E-state index contributed by atoms with van der Waals surface area (Å²) in [6.07, 6.45) is -6.05. The SMILES string of the molecule is OC[C@H]1O[C@@H](O)[C@H](O)[C@@H](OCc2ccc(I)cc2)[C@@H]1O. The maximum Gasteiger partial charge on any atom is 0.184 e. The third-order valence-corrected chi connectivity index (χ3v) is 3.92. The van der Waals surface area contributed by atoms with E-state index in [1.54, 1.807) is 0 Å². The van der Waals surface area contributed by atoms with Crippen molar-refractivity contribution in [3.8, 4) is 0 Å². The molecule has 0 radical (unpaired) electrons. The summed E-state index contributed by atoms with van der Waals surface area (Å²) in [7, 11) is 0. The molecule has 6 nitrogen and oxygen atoms in total. The zero-order chi connectivity index (χ0) is 14.7. The summed E-state index contributed by atoms with van der Waals surface area (Å²) in [5.74, 6) is 0. The van der Waals surface area contributed by atoms with Crippen LogP contribution in [0.15, 0.2) is 24.3 Å². The highest BCUT2D eigenvalue weighted by molar-refractivity contribution is 14.1. The van der Waals surface area contributed by atoms with Gasteiger partial charge in [-0.3, -0.25) is 0 Å². The van der Waals surface area contributed by atoms with E-state index in [1.165, 1.54) is 0 Å². The Bertz CT molecular complexity index is 425. The highest BCUT2D eigenvalue weighted by Crippen LogP contribution is 2.23. The molecule has 1 aromatic carbocycles. The Kier molecular flexibility index (Phi) is 5.73. The Morgan fingerprint density at radius 3 is 2.35 bits per heavy atom. The summed E-state index contributed by atoms with van der Waals surface area (Å²) < 4.78 is 11.5. The largest absolute Gasteiger partial charge is 0.394 e. The molecule has 20 heavy (non-hydrogen) atoms. The van der Waals surface area contributed by atoms with Crippen molar-refractivity contribution < 1.29 is 29.9 Å². The van der Waals surface area contributed by atoms with E-state index in [-0.39, 0.29) is 6.61 Å². The molecule has 1 aromatic rings. The van der Waals surface area contributed by atoms with Crippen molar-refractivity contribution in [1.82, 2.24) is 0 Å². The van der Waals surface area contributed by atoms with Gasteiger partial charge >= 0.3 is 0 Å². The lowest BCUT2D eigenvalue weighted by molar-refractivity contribution is -0.296. The van der Waals surface area contributed by atoms with E-state index in [0.717, 1.165) is 9.13 Å². The molecule has 4 N–H and O–H groups in total. The zero-order valence-corrected chi connectivity index (χ0v) is 12.8. The van der Waals surface area contributed by atoms with Crippen molar-refractivity contribution in [2.75, 3.05) is 6.61 Å². The summed E-state index contributed by atoms with van der Waals surface area (Å²) in [5, 5.41) is 38.3. The fourth-order valence-electron chi connectivity index (χ4n) is 2.04. The Hall–Kier alpha value is -0.290. The van der Waals surface area contributed by atoms with Crippen molar-refractivity contribution in [1.29, 1.82) is 0 Å². The number of rotatable bonds is 4. The van der Waals surface area contributed by atoms with Crippen molar-refractivity contribution in [3.63, 3.8) is 0 Å². The second-order valence-electron chi connectivity index (χ2n) is 4.63. The maximum absolute atomic E-state index is 9.96. The van der Waals surface area contributed by atoms with E-state index in [1.807, 2.05) is 24.3 Å². The van der Waals surface area contributed by atoms with Crippen LogP contribution in [0.4, 0.5) is 0 Å². The molecular formula is C13H17IO6. The van der Waals surface area contributed by atoms with E-state index < -0.39 is 37.3 Å². The Morgan fingerprint density at radius 1 is 1.10 bits per heavy atom. The first-order chi connectivity index (χ1) is 9.52. The molecule has 1 fully saturated rings. The maximum atomic E-state index is 9.96. The number of ether oxygens (including phenoxy) is 2. The summed E-state index contributed by atoms with van der Waals surface area (Å²) in [6, 6.07) is 7.59. The fourth-order valence-corrected chi connectivity index (χ4v) is 2.40. The molecule has 0 saturated carbocycles. The molecule has 0 bridgehead atoms. The van der Waals surface area contributed by atoms with Crippen LogP contribution < -0.4 is 0 Å². The second-order valence-corrected chi connectivity index (χ2v) is 5.88. The lowest BCUT2D eigenvalue weighted by Gasteiger charge is -2.39. The molecule has 0 amide bonds. The van der Waals surface area contributed by atoms with Gasteiger partial charge in [-0.2, -0.15) is 0 Å². The van der Waals surface area contributed by atoms with Crippen LogP contribution in [0.2, 0.25) is 0 Å². The summed E-state index contributed by atoms with van der Waals surface area (Å²) in [5.41, 5.74) is 0.881. The quantitative estimate of drug-likeness (QED) is 0.518. The van der Waals surface area contributed by atoms with Crippen LogP contribution in [-0.2, 0) is 16.1 Å². The molecule has 7 heteroatoms. The minimum atomic E-state index is -1.49. The highest BCUT2D eigenvalue weighted by atomic mass is 127. The topological polar surface area (TPSA) is 99.4 Å². The molecule has 1 heterocycles. The van der Waals surface area contributed by atoms with Gasteiger partial charge in [-0.05, 0) is 40.3 Å². The first kappa shape index (κ1) is 16.1. The molecule has 5 atom stereocenters. The Morgan fingerprint density at radius 2 is 1.75 bits per heavy atom. The minimum absolute atomic E-state index is 0.181. The average Bonchev–Trinajstić information content (AvgIpc) is 2.44.